The van der Waals surface area contributed by atoms with E-state index < -0.39 is 12.6 Å². The highest BCUT2D eigenvalue weighted by atomic mass is 32.1. The van der Waals surface area contributed by atoms with E-state index in [2.05, 4.69) is 20.2 Å². The number of anilines is 2. The second-order valence-electron chi connectivity index (χ2n) is 6.00. The number of piperazine rings is 1. The molecule has 0 aromatic carbocycles. The molecular formula is C15H15F3N6OS. The Bertz CT molecular complexity index is 916. The largest absolute Gasteiger partial charge is 0.408 e. The summed E-state index contributed by atoms with van der Waals surface area (Å²) in [6.45, 7) is 4.36. The van der Waals surface area contributed by atoms with Crippen LogP contribution in [0.25, 0.3) is 10.2 Å². The highest BCUT2D eigenvalue weighted by Gasteiger charge is 2.30. The Morgan fingerprint density at radius 1 is 1.12 bits per heavy atom. The fraction of sp³-hybridized carbons (Fsp3) is 0.467. The number of thiophene rings is 1. The molecular weight excluding hydrogens is 369 g/mol. The van der Waals surface area contributed by atoms with Crippen LogP contribution in [0.3, 0.4) is 0 Å². The lowest BCUT2D eigenvalue weighted by Gasteiger charge is -2.34. The number of aryl methyl sites for hydroxylation is 1. The van der Waals surface area contributed by atoms with Crippen LogP contribution < -0.4 is 9.80 Å². The monoisotopic (exact) mass is 384 g/mol. The fourth-order valence-corrected chi connectivity index (χ4v) is 3.97. The summed E-state index contributed by atoms with van der Waals surface area (Å²) in [5.41, 5.74) is 0. The van der Waals surface area contributed by atoms with Gasteiger partial charge in [-0.2, -0.15) is 13.2 Å². The lowest BCUT2D eigenvalue weighted by Crippen LogP contribution is -2.47. The van der Waals surface area contributed by atoms with Crippen molar-refractivity contribution >= 4 is 33.4 Å². The van der Waals surface area contributed by atoms with Gasteiger partial charge in [0.05, 0.1) is 11.8 Å². The quantitative estimate of drug-likeness (QED) is 0.688. The van der Waals surface area contributed by atoms with Gasteiger partial charge < -0.3 is 14.2 Å². The normalized spacial score (nSPS) is 15.8. The second-order valence-corrected chi connectivity index (χ2v) is 7.11. The van der Waals surface area contributed by atoms with Crippen LogP contribution in [0.2, 0.25) is 0 Å². The van der Waals surface area contributed by atoms with Crippen molar-refractivity contribution in [3.63, 3.8) is 0 Å². The van der Waals surface area contributed by atoms with Gasteiger partial charge in [0, 0.05) is 38.0 Å². The molecule has 0 radical (unpaired) electrons. The highest BCUT2D eigenvalue weighted by molar-refractivity contribution is 7.18. The summed E-state index contributed by atoms with van der Waals surface area (Å²) >= 11 is 1.06. The maximum atomic E-state index is 12.7. The van der Waals surface area contributed by atoms with Crippen molar-refractivity contribution in [1.82, 2.24) is 20.2 Å². The lowest BCUT2D eigenvalue weighted by molar-refractivity contribution is -0.126. The van der Waals surface area contributed by atoms with Crippen LogP contribution in [0.5, 0.6) is 0 Å². The Labute approximate surface area is 150 Å². The lowest BCUT2D eigenvalue weighted by atomic mass is 10.2. The molecule has 0 amide bonds. The van der Waals surface area contributed by atoms with Crippen LogP contribution in [-0.2, 0) is 6.42 Å². The summed E-state index contributed by atoms with van der Waals surface area (Å²) in [5.74, 6) is 1.18. The first kappa shape index (κ1) is 17.0. The van der Waals surface area contributed by atoms with Crippen LogP contribution in [0.4, 0.5) is 25.0 Å². The standard InChI is InChI=1S/C15H15F3N6OS/c1-9-21-22-14(25-9)24-4-2-23(3-5-24)12-11-6-10(7-15(16,17)18)26-13(11)20-8-19-12/h6,8H,2-5,7H2,1H3. The molecule has 3 aromatic heterocycles. The molecule has 1 aliphatic heterocycles. The molecule has 11 heteroatoms. The molecule has 1 fully saturated rings. The zero-order valence-corrected chi connectivity index (χ0v) is 14.6. The number of halogens is 3. The Balaban J connectivity index is 1.54. The minimum Gasteiger partial charge on any atom is -0.408 e. The maximum Gasteiger partial charge on any atom is 0.393 e. The third-order valence-corrected chi connectivity index (χ3v) is 5.14. The summed E-state index contributed by atoms with van der Waals surface area (Å²) in [6.07, 6.45) is -3.78. The van der Waals surface area contributed by atoms with Crippen LogP contribution >= 0.6 is 11.3 Å². The molecule has 0 atom stereocenters. The van der Waals surface area contributed by atoms with Gasteiger partial charge in [-0.25, -0.2) is 9.97 Å². The van der Waals surface area contributed by atoms with Crippen molar-refractivity contribution in [2.75, 3.05) is 36.0 Å². The van der Waals surface area contributed by atoms with E-state index in [1.807, 2.05) is 9.80 Å². The Morgan fingerprint density at radius 2 is 1.85 bits per heavy atom. The van der Waals surface area contributed by atoms with E-state index in [0.29, 0.717) is 54.1 Å². The molecule has 0 N–H and O–H groups in total. The van der Waals surface area contributed by atoms with Gasteiger partial charge in [0.2, 0.25) is 5.89 Å². The van der Waals surface area contributed by atoms with Crippen molar-refractivity contribution in [3.05, 3.63) is 23.2 Å². The molecule has 0 spiro atoms. The third-order valence-electron chi connectivity index (χ3n) is 4.10. The van der Waals surface area contributed by atoms with Crippen molar-refractivity contribution < 1.29 is 17.6 Å². The first-order valence-corrected chi connectivity index (χ1v) is 8.81. The SMILES string of the molecule is Cc1nnc(N2CCN(c3ncnc4sc(CC(F)(F)F)cc34)CC2)o1. The summed E-state index contributed by atoms with van der Waals surface area (Å²) in [4.78, 5) is 13.3. The van der Waals surface area contributed by atoms with E-state index in [1.165, 1.54) is 6.33 Å². The number of aromatic nitrogens is 4. The Kier molecular flexibility index (Phi) is 4.17. The zero-order valence-electron chi connectivity index (χ0n) is 13.8. The smallest absolute Gasteiger partial charge is 0.393 e. The molecule has 3 aromatic rings. The van der Waals surface area contributed by atoms with Gasteiger partial charge in [-0.05, 0) is 6.07 Å². The van der Waals surface area contributed by atoms with E-state index in [0.717, 1.165) is 11.3 Å². The van der Waals surface area contributed by atoms with Gasteiger partial charge >= 0.3 is 12.2 Å². The molecule has 4 heterocycles. The zero-order chi connectivity index (χ0) is 18.3. The van der Waals surface area contributed by atoms with Crippen LogP contribution in [0.15, 0.2) is 16.8 Å². The highest BCUT2D eigenvalue weighted by Crippen LogP contribution is 2.34. The molecule has 26 heavy (non-hydrogen) atoms. The first-order chi connectivity index (χ1) is 12.4. The summed E-state index contributed by atoms with van der Waals surface area (Å²) < 4.78 is 43.4. The average Bonchev–Trinajstić information content (AvgIpc) is 3.18. The first-order valence-electron chi connectivity index (χ1n) is 7.99. The Hall–Kier alpha value is -2.43. The number of hydrogen-bond donors (Lipinski definition) is 0. The molecule has 0 aliphatic carbocycles. The predicted octanol–water partition coefficient (Wildman–Crippen LogP) is 2.81. The fourth-order valence-electron chi connectivity index (χ4n) is 2.95. The summed E-state index contributed by atoms with van der Waals surface area (Å²) in [7, 11) is 0. The van der Waals surface area contributed by atoms with E-state index in [9.17, 15) is 13.2 Å². The minimum atomic E-state index is -4.23. The van der Waals surface area contributed by atoms with Gasteiger partial charge in [-0.3, -0.25) is 0 Å². The second kappa shape index (κ2) is 6.38. The van der Waals surface area contributed by atoms with Crippen LogP contribution in [0, 0.1) is 6.92 Å². The molecule has 1 saturated heterocycles. The van der Waals surface area contributed by atoms with Crippen molar-refractivity contribution in [2.45, 2.75) is 19.5 Å². The Morgan fingerprint density at radius 3 is 2.50 bits per heavy atom. The molecule has 0 bridgehead atoms. The van der Waals surface area contributed by atoms with Gasteiger partial charge in [0.25, 0.3) is 0 Å². The summed E-state index contributed by atoms with van der Waals surface area (Å²) in [5, 5.41) is 8.51. The van der Waals surface area contributed by atoms with Crippen molar-refractivity contribution in [3.8, 4) is 0 Å². The molecule has 0 saturated carbocycles. The average molecular weight is 384 g/mol. The maximum absolute atomic E-state index is 12.7. The predicted molar refractivity (Wildman–Crippen MR) is 90.6 cm³/mol. The van der Waals surface area contributed by atoms with Gasteiger partial charge in [-0.15, -0.1) is 16.4 Å². The van der Waals surface area contributed by atoms with Gasteiger partial charge in [-0.1, -0.05) is 5.10 Å². The topological polar surface area (TPSA) is 71.2 Å². The van der Waals surface area contributed by atoms with E-state index in [1.54, 1.807) is 13.0 Å². The van der Waals surface area contributed by atoms with Crippen LogP contribution in [-0.4, -0.2) is 52.5 Å². The summed E-state index contributed by atoms with van der Waals surface area (Å²) in [6, 6.07) is 2.04. The van der Waals surface area contributed by atoms with Crippen molar-refractivity contribution in [1.29, 1.82) is 0 Å². The van der Waals surface area contributed by atoms with Gasteiger partial charge in [0.1, 0.15) is 17.0 Å². The van der Waals surface area contributed by atoms with E-state index >= 15 is 0 Å². The molecule has 138 valence electrons. The molecule has 4 rings (SSSR count). The number of fused-ring (bicyclic) bond motifs is 1. The number of nitrogens with zero attached hydrogens (tertiary/aromatic N) is 6. The van der Waals surface area contributed by atoms with Crippen molar-refractivity contribution in [2.24, 2.45) is 0 Å². The van der Waals surface area contributed by atoms with E-state index in [-0.39, 0.29) is 4.88 Å². The number of hydrogen-bond acceptors (Lipinski definition) is 8. The number of rotatable bonds is 3. The molecule has 1 aliphatic rings. The van der Waals surface area contributed by atoms with Gasteiger partial charge in [0.15, 0.2) is 0 Å². The molecule has 0 unspecified atom stereocenters. The molecule has 7 nitrogen and oxygen atoms in total. The number of alkyl halides is 3. The third kappa shape index (κ3) is 3.43. The van der Waals surface area contributed by atoms with Crippen LogP contribution in [0.1, 0.15) is 10.8 Å². The minimum absolute atomic E-state index is 0.245. The van der Waals surface area contributed by atoms with E-state index in [4.69, 9.17) is 4.42 Å².